The molecule has 9 heteroatoms. The Balaban J connectivity index is 2.73. The molecule has 0 unspecified atom stereocenters. The lowest BCUT2D eigenvalue weighted by Gasteiger charge is -2.05. The highest BCUT2D eigenvalue weighted by Crippen LogP contribution is 2.27. The van der Waals surface area contributed by atoms with Crippen LogP contribution in [-0.4, -0.2) is 14.3 Å². The van der Waals surface area contributed by atoms with Crippen molar-refractivity contribution in [3.05, 3.63) is 45.4 Å². The van der Waals surface area contributed by atoms with Crippen molar-refractivity contribution in [3.63, 3.8) is 0 Å². The molecule has 1 aromatic carbocycles. The summed E-state index contributed by atoms with van der Waals surface area (Å²) in [5.74, 6) is -2.44. The summed E-state index contributed by atoms with van der Waals surface area (Å²) < 4.78 is 52.5. The highest BCUT2D eigenvalue weighted by molar-refractivity contribution is 5.46. The number of hydrogen-bond acceptors (Lipinski definition) is 3. The third-order valence-corrected chi connectivity index (χ3v) is 2.88. The Morgan fingerprint density at radius 3 is 2.43 bits per heavy atom. The molecular weight excluding hydrogens is 292 g/mol. The zero-order valence-electron chi connectivity index (χ0n) is 10.9. The number of hydrogen-bond donors (Lipinski definition) is 0. The van der Waals surface area contributed by atoms with E-state index in [1.54, 1.807) is 6.07 Å². The minimum Gasteiger partial charge on any atom is -0.274 e. The number of nitriles is 1. The molecule has 2 aromatic rings. The fourth-order valence-electron chi connectivity index (χ4n) is 1.79. The van der Waals surface area contributed by atoms with Crippen LogP contribution in [0.3, 0.4) is 0 Å². The number of rotatable bonds is 1. The maximum absolute atomic E-state index is 13.9. The average Bonchev–Trinajstić information content (AvgIpc) is 2.68. The summed E-state index contributed by atoms with van der Waals surface area (Å²) in [4.78, 5) is 11.8. The first kappa shape index (κ1) is 14.8. The molecule has 0 atom stereocenters. The molecule has 0 saturated heterocycles. The van der Waals surface area contributed by atoms with Crippen molar-refractivity contribution >= 4 is 0 Å². The van der Waals surface area contributed by atoms with Crippen molar-refractivity contribution in [2.75, 3.05) is 0 Å². The standard InChI is InChI=1S/C12H8F4N4O/c1-6-3-9(8(13)4-7(6)5-17)20-11(21)19(2)10(18-20)12(14,15)16/h3-4H,1-2H3. The second kappa shape index (κ2) is 4.73. The monoisotopic (exact) mass is 300 g/mol. The maximum atomic E-state index is 13.9. The van der Waals surface area contributed by atoms with Crippen LogP contribution in [0.25, 0.3) is 5.69 Å². The summed E-state index contributed by atoms with van der Waals surface area (Å²) >= 11 is 0. The van der Waals surface area contributed by atoms with Gasteiger partial charge in [0.25, 0.3) is 0 Å². The fourth-order valence-corrected chi connectivity index (χ4v) is 1.79. The quantitative estimate of drug-likeness (QED) is 0.756. The zero-order valence-corrected chi connectivity index (χ0v) is 10.9. The van der Waals surface area contributed by atoms with Gasteiger partial charge in [-0.25, -0.2) is 9.18 Å². The molecule has 0 bridgehead atoms. The van der Waals surface area contributed by atoms with Crippen LogP contribution >= 0.6 is 0 Å². The first-order valence-corrected chi connectivity index (χ1v) is 5.60. The topological polar surface area (TPSA) is 63.6 Å². The molecule has 0 amide bonds. The molecule has 0 spiro atoms. The number of alkyl halides is 3. The van der Waals surface area contributed by atoms with Gasteiger partial charge in [0.05, 0.1) is 11.6 Å². The molecule has 2 rings (SSSR count). The maximum Gasteiger partial charge on any atom is 0.451 e. The average molecular weight is 300 g/mol. The van der Waals surface area contributed by atoms with Crippen LogP contribution < -0.4 is 5.69 Å². The highest BCUT2D eigenvalue weighted by Gasteiger charge is 2.38. The second-order valence-electron chi connectivity index (χ2n) is 4.31. The van der Waals surface area contributed by atoms with Crippen LogP contribution in [0, 0.1) is 24.1 Å². The van der Waals surface area contributed by atoms with E-state index in [0.717, 1.165) is 19.2 Å². The van der Waals surface area contributed by atoms with Gasteiger partial charge < -0.3 is 0 Å². The summed E-state index contributed by atoms with van der Waals surface area (Å²) in [6.45, 7) is 1.47. The molecule has 0 aliphatic carbocycles. The summed E-state index contributed by atoms with van der Waals surface area (Å²) in [6.07, 6.45) is -4.84. The third-order valence-electron chi connectivity index (χ3n) is 2.88. The van der Waals surface area contributed by atoms with E-state index in [9.17, 15) is 22.4 Å². The molecule has 0 aliphatic rings. The minimum atomic E-state index is -4.84. The summed E-state index contributed by atoms with van der Waals surface area (Å²) in [5.41, 5.74) is -1.23. The lowest BCUT2D eigenvalue weighted by atomic mass is 10.1. The lowest BCUT2D eigenvalue weighted by Crippen LogP contribution is -2.24. The van der Waals surface area contributed by atoms with E-state index in [4.69, 9.17) is 5.26 Å². The van der Waals surface area contributed by atoms with Crippen molar-refractivity contribution in [3.8, 4) is 11.8 Å². The molecule has 0 fully saturated rings. The van der Waals surface area contributed by atoms with Crippen LogP contribution in [-0.2, 0) is 13.2 Å². The van der Waals surface area contributed by atoms with Gasteiger partial charge in [0, 0.05) is 7.05 Å². The Labute approximate surface area is 115 Å². The van der Waals surface area contributed by atoms with Gasteiger partial charge in [0.2, 0.25) is 5.82 Å². The van der Waals surface area contributed by atoms with E-state index in [1.807, 2.05) is 0 Å². The Bertz CT molecular complexity index is 810. The normalized spacial score (nSPS) is 11.5. The van der Waals surface area contributed by atoms with Crippen LogP contribution in [0.4, 0.5) is 17.6 Å². The van der Waals surface area contributed by atoms with E-state index in [0.29, 0.717) is 10.2 Å². The van der Waals surface area contributed by atoms with Gasteiger partial charge in [-0.2, -0.15) is 23.1 Å². The van der Waals surface area contributed by atoms with E-state index in [-0.39, 0.29) is 10.1 Å². The molecule has 21 heavy (non-hydrogen) atoms. The van der Waals surface area contributed by atoms with Crippen molar-refractivity contribution in [2.24, 2.45) is 7.05 Å². The number of halogens is 4. The van der Waals surface area contributed by atoms with Gasteiger partial charge in [-0.1, -0.05) is 0 Å². The van der Waals surface area contributed by atoms with E-state index in [2.05, 4.69) is 5.10 Å². The van der Waals surface area contributed by atoms with Crippen molar-refractivity contribution < 1.29 is 17.6 Å². The lowest BCUT2D eigenvalue weighted by molar-refractivity contribution is -0.147. The molecule has 1 heterocycles. The smallest absolute Gasteiger partial charge is 0.274 e. The molecule has 1 aromatic heterocycles. The highest BCUT2D eigenvalue weighted by atomic mass is 19.4. The number of aryl methyl sites for hydroxylation is 1. The number of nitrogens with zero attached hydrogens (tertiary/aromatic N) is 4. The van der Waals surface area contributed by atoms with Gasteiger partial charge in [0.15, 0.2) is 0 Å². The SMILES string of the molecule is Cc1cc(-n2nc(C(F)(F)F)n(C)c2=O)c(F)cc1C#N. The Hall–Kier alpha value is -2.63. The second-order valence-corrected chi connectivity index (χ2v) is 4.31. The summed E-state index contributed by atoms with van der Waals surface area (Å²) in [7, 11) is 0.892. The summed E-state index contributed by atoms with van der Waals surface area (Å²) in [5, 5.41) is 11.9. The third kappa shape index (κ3) is 2.40. The number of benzene rings is 1. The van der Waals surface area contributed by atoms with Gasteiger partial charge in [-0.05, 0) is 24.6 Å². The molecule has 0 N–H and O–H groups in total. The molecule has 0 radical (unpaired) electrons. The predicted octanol–water partition coefficient (Wildman–Crippen LogP) is 1.91. The molecular formula is C12H8F4N4O. The van der Waals surface area contributed by atoms with Crippen molar-refractivity contribution in [1.82, 2.24) is 14.3 Å². The van der Waals surface area contributed by atoms with Gasteiger partial charge in [0.1, 0.15) is 11.5 Å². The van der Waals surface area contributed by atoms with E-state index >= 15 is 0 Å². The van der Waals surface area contributed by atoms with E-state index in [1.165, 1.54) is 6.92 Å². The zero-order chi connectivity index (χ0) is 15.9. The van der Waals surface area contributed by atoms with Crippen LogP contribution in [0.1, 0.15) is 17.0 Å². The van der Waals surface area contributed by atoms with Gasteiger partial charge in [-0.3, -0.25) is 4.57 Å². The molecule has 0 saturated carbocycles. The predicted molar refractivity (Wildman–Crippen MR) is 63.2 cm³/mol. The summed E-state index contributed by atoms with van der Waals surface area (Å²) in [6, 6.07) is 3.68. The van der Waals surface area contributed by atoms with Crippen molar-refractivity contribution in [2.45, 2.75) is 13.1 Å². The van der Waals surface area contributed by atoms with Gasteiger partial charge >= 0.3 is 11.9 Å². The number of aromatic nitrogens is 3. The molecule has 5 nitrogen and oxygen atoms in total. The Morgan fingerprint density at radius 2 is 1.95 bits per heavy atom. The van der Waals surface area contributed by atoms with Crippen molar-refractivity contribution in [1.29, 1.82) is 5.26 Å². The molecule has 110 valence electrons. The van der Waals surface area contributed by atoms with Crippen LogP contribution in [0.5, 0.6) is 0 Å². The van der Waals surface area contributed by atoms with E-state index < -0.39 is 29.2 Å². The Morgan fingerprint density at radius 1 is 1.33 bits per heavy atom. The fraction of sp³-hybridized carbons (Fsp3) is 0.250. The molecule has 0 aliphatic heterocycles. The van der Waals surface area contributed by atoms with Crippen LogP contribution in [0.2, 0.25) is 0 Å². The Kier molecular flexibility index (Phi) is 3.33. The van der Waals surface area contributed by atoms with Gasteiger partial charge in [-0.15, -0.1) is 5.10 Å². The minimum absolute atomic E-state index is 0.0243. The first-order valence-electron chi connectivity index (χ1n) is 5.60. The first-order chi connectivity index (χ1) is 9.66. The largest absolute Gasteiger partial charge is 0.451 e. The van der Waals surface area contributed by atoms with Crippen LogP contribution in [0.15, 0.2) is 16.9 Å².